The standard InChI is InChI=1S/C14H24N2O3S/c1-11(2)5-4-8-16-20(17,18)13-6-7-14(19-3)12(9-13)10-15/h6-7,9,11,16H,4-5,8,10,15H2,1-3H3. The normalized spacial score (nSPS) is 11.8. The Morgan fingerprint density at radius 1 is 1.35 bits per heavy atom. The van der Waals surface area contributed by atoms with Gasteiger partial charge in [0.05, 0.1) is 12.0 Å². The van der Waals surface area contributed by atoms with Gasteiger partial charge in [-0.2, -0.15) is 0 Å². The SMILES string of the molecule is COc1ccc(S(=O)(=O)NCCCC(C)C)cc1CN. The van der Waals surface area contributed by atoms with Crippen LogP contribution in [0.4, 0.5) is 0 Å². The van der Waals surface area contributed by atoms with E-state index < -0.39 is 10.0 Å². The maximum Gasteiger partial charge on any atom is 0.240 e. The van der Waals surface area contributed by atoms with Crippen LogP contribution in [0.3, 0.4) is 0 Å². The van der Waals surface area contributed by atoms with Crippen LogP contribution in [0.25, 0.3) is 0 Å². The molecule has 0 heterocycles. The molecular weight excluding hydrogens is 276 g/mol. The van der Waals surface area contributed by atoms with E-state index in [1.54, 1.807) is 12.1 Å². The van der Waals surface area contributed by atoms with Crippen LogP contribution in [-0.4, -0.2) is 22.1 Å². The van der Waals surface area contributed by atoms with Crippen LogP contribution in [-0.2, 0) is 16.6 Å². The molecule has 0 atom stereocenters. The van der Waals surface area contributed by atoms with Gasteiger partial charge in [0, 0.05) is 18.7 Å². The highest BCUT2D eigenvalue weighted by Gasteiger charge is 2.15. The summed E-state index contributed by atoms with van der Waals surface area (Å²) in [5.74, 6) is 1.18. The first kappa shape index (κ1) is 16.9. The number of methoxy groups -OCH3 is 1. The van der Waals surface area contributed by atoms with Crippen LogP contribution in [0.5, 0.6) is 5.75 Å². The second-order valence-electron chi connectivity index (χ2n) is 5.11. The van der Waals surface area contributed by atoms with Gasteiger partial charge in [0.25, 0.3) is 0 Å². The second-order valence-corrected chi connectivity index (χ2v) is 6.88. The first-order valence-electron chi connectivity index (χ1n) is 6.77. The Morgan fingerprint density at radius 3 is 2.60 bits per heavy atom. The molecule has 20 heavy (non-hydrogen) atoms. The lowest BCUT2D eigenvalue weighted by Crippen LogP contribution is -2.25. The van der Waals surface area contributed by atoms with Crippen molar-refractivity contribution in [3.63, 3.8) is 0 Å². The highest BCUT2D eigenvalue weighted by molar-refractivity contribution is 7.89. The van der Waals surface area contributed by atoms with Gasteiger partial charge in [0.15, 0.2) is 0 Å². The molecule has 6 heteroatoms. The molecule has 3 N–H and O–H groups in total. The summed E-state index contributed by atoms with van der Waals surface area (Å²) in [6.07, 6.45) is 1.83. The third kappa shape index (κ3) is 4.77. The summed E-state index contributed by atoms with van der Waals surface area (Å²) in [4.78, 5) is 0.225. The smallest absolute Gasteiger partial charge is 0.240 e. The Labute approximate surface area is 121 Å². The third-order valence-electron chi connectivity index (χ3n) is 3.03. The van der Waals surface area contributed by atoms with E-state index in [1.165, 1.54) is 13.2 Å². The fourth-order valence-electron chi connectivity index (χ4n) is 1.88. The average molecular weight is 300 g/mol. The molecule has 0 bridgehead atoms. The van der Waals surface area contributed by atoms with E-state index >= 15 is 0 Å². The summed E-state index contributed by atoms with van der Waals surface area (Å²) < 4.78 is 32.0. The van der Waals surface area contributed by atoms with Crippen LogP contribution < -0.4 is 15.2 Å². The van der Waals surface area contributed by atoms with Crippen molar-refractivity contribution < 1.29 is 13.2 Å². The lowest BCUT2D eigenvalue weighted by molar-refractivity contribution is 0.409. The fourth-order valence-corrected chi connectivity index (χ4v) is 3.01. The van der Waals surface area contributed by atoms with Crippen molar-refractivity contribution >= 4 is 10.0 Å². The fraction of sp³-hybridized carbons (Fsp3) is 0.571. The molecule has 0 aliphatic heterocycles. The summed E-state index contributed by atoms with van der Waals surface area (Å²) in [5, 5.41) is 0. The van der Waals surface area contributed by atoms with Crippen molar-refractivity contribution in [3.8, 4) is 5.75 Å². The zero-order valence-electron chi connectivity index (χ0n) is 12.3. The Morgan fingerprint density at radius 2 is 2.05 bits per heavy atom. The minimum Gasteiger partial charge on any atom is -0.496 e. The summed E-state index contributed by atoms with van der Waals surface area (Å²) in [7, 11) is -1.94. The molecule has 1 aromatic carbocycles. The minimum absolute atomic E-state index is 0.225. The predicted molar refractivity (Wildman–Crippen MR) is 80.1 cm³/mol. The lowest BCUT2D eigenvalue weighted by atomic mass is 10.1. The molecule has 0 amide bonds. The van der Waals surface area contributed by atoms with Crippen molar-refractivity contribution in [2.75, 3.05) is 13.7 Å². The van der Waals surface area contributed by atoms with Gasteiger partial charge in [-0.05, 0) is 37.0 Å². The second kappa shape index (κ2) is 7.61. The van der Waals surface area contributed by atoms with Gasteiger partial charge in [0.1, 0.15) is 5.75 Å². The number of rotatable bonds is 8. The van der Waals surface area contributed by atoms with Crippen molar-refractivity contribution in [2.45, 2.75) is 38.1 Å². The highest BCUT2D eigenvalue weighted by atomic mass is 32.2. The zero-order chi connectivity index (χ0) is 15.2. The van der Waals surface area contributed by atoms with Gasteiger partial charge in [-0.25, -0.2) is 13.1 Å². The molecule has 0 unspecified atom stereocenters. The molecule has 0 saturated heterocycles. The third-order valence-corrected chi connectivity index (χ3v) is 4.49. The molecule has 5 nitrogen and oxygen atoms in total. The molecule has 0 aliphatic rings. The minimum atomic E-state index is -3.48. The number of hydrogen-bond acceptors (Lipinski definition) is 4. The van der Waals surface area contributed by atoms with E-state index in [0.717, 1.165) is 12.8 Å². The maximum absolute atomic E-state index is 12.2. The van der Waals surface area contributed by atoms with E-state index in [1.807, 2.05) is 0 Å². The maximum atomic E-state index is 12.2. The van der Waals surface area contributed by atoms with Crippen LogP contribution in [0.1, 0.15) is 32.3 Å². The molecule has 0 saturated carbocycles. The van der Waals surface area contributed by atoms with Gasteiger partial charge >= 0.3 is 0 Å². The average Bonchev–Trinajstić information content (AvgIpc) is 2.42. The molecule has 1 aromatic rings. The first-order valence-corrected chi connectivity index (χ1v) is 8.25. The van der Waals surface area contributed by atoms with Crippen molar-refractivity contribution in [1.29, 1.82) is 0 Å². The largest absolute Gasteiger partial charge is 0.496 e. The van der Waals surface area contributed by atoms with E-state index in [4.69, 9.17) is 10.5 Å². The quantitative estimate of drug-likeness (QED) is 0.718. The molecule has 0 spiro atoms. The predicted octanol–water partition coefficient (Wildman–Crippen LogP) is 1.87. The van der Waals surface area contributed by atoms with Gasteiger partial charge in [0.2, 0.25) is 10.0 Å². The molecule has 0 fully saturated rings. The van der Waals surface area contributed by atoms with Gasteiger partial charge in [-0.15, -0.1) is 0 Å². The summed E-state index contributed by atoms with van der Waals surface area (Å²) in [6, 6.07) is 4.72. The summed E-state index contributed by atoms with van der Waals surface area (Å²) in [5.41, 5.74) is 6.28. The topological polar surface area (TPSA) is 81.4 Å². The van der Waals surface area contributed by atoms with E-state index in [-0.39, 0.29) is 11.4 Å². The van der Waals surface area contributed by atoms with Gasteiger partial charge in [-0.1, -0.05) is 13.8 Å². The number of sulfonamides is 1. The van der Waals surface area contributed by atoms with Crippen LogP contribution in [0, 0.1) is 5.92 Å². The lowest BCUT2D eigenvalue weighted by Gasteiger charge is -2.11. The highest BCUT2D eigenvalue weighted by Crippen LogP contribution is 2.21. The molecule has 0 aliphatic carbocycles. The van der Waals surface area contributed by atoms with Crippen molar-refractivity contribution in [3.05, 3.63) is 23.8 Å². The molecule has 0 aromatic heterocycles. The Hall–Kier alpha value is -1.11. The van der Waals surface area contributed by atoms with Gasteiger partial charge < -0.3 is 10.5 Å². The summed E-state index contributed by atoms with van der Waals surface area (Å²) in [6.45, 7) is 4.92. The van der Waals surface area contributed by atoms with E-state index in [0.29, 0.717) is 23.8 Å². The molecule has 0 radical (unpaired) electrons. The number of nitrogens with two attached hydrogens (primary N) is 1. The number of benzene rings is 1. The monoisotopic (exact) mass is 300 g/mol. The van der Waals surface area contributed by atoms with Gasteiger partial charge in [-0.3, -0.25) is 0 Å². The van der Waals surface area contributed by atoms with Crippen LogP contribution in [0.2, 0.25) is 0 Å². The van der Waals surface area contributed by atoms with Crippen LogP contribution >= 0.6 is 0 Å². The zero-order valence-corrected chi connectivity index (χ0v) is 13.2. The first-order chi connectivity index (χ1) is 9.40. The number of nitrogens with one attached hydrogen (secondary N) is 1. The number of hydrogen-bond donors (Lipinski definition) is 2. The summed E-state index contributed by atoms with van der Waals surface area (Å²) >= 11 is 0. The molecule has 114 valence electrons. The Kier molecular flexibility index (Phi) is 6.45. The van der Waals surface area contributed by atoms with Crippen molar-refractivity contribution in [2.24, 2.45) is 11.7 Å². The Balaban J connectivity index is 2.77. The van der Waals surface area contributed by atoms with Crippen LogP contribution in [0.15, 0.2) is 23.1 Å². The molecular formula is C14H24N2O3S. The molecule has 1 rings (SSSR count). The van der Waals surface area contributed by atoms with E-state index in [2.05, 4.69) is 18.6 Å². The van der Waals surface area contributed by atoms with Crippen molar-refractivity contribution in [1.82, 2.24) is 4.72 Å². The van der Waals surface area contributed by atoms with E-state index in [9.17, 15) is 8.42 Å². The Bertz CT molecular complexity index is 527. The number of ether oxygens (including phenoxy) is 1.